The molecule has 2 nitrogen and oxygen atoms in total. The summed E-state index contributed by atoms with van der Waals surface area (Å²) in [5, 5.41) is 4.07. The normalized spacial score (nSPS) is 17.4. The van der Waals surface area contributed by atoms with Crippen molar-refractivity contribution in [2.45, 2.75) is 0 Å². The van der Waals surface area contributed by atoms with Gasteiger partial charge in [0.15, 0.2) is 0 Å². The van der Waals surface area contributed by atoms with Crippen LogP contribution < -0.4 is 0 Å². The molecule has 0 bridgehead atoms. The molecule has 51 valence electrons. The van der Waals surface area contributed by atoms with Gasteiger partial charge >= 0.3 is 0 Å². The largest absolute Gasteiger partial charge is 0.269 e. The zero-order valence-corrected chi connectivity index (χ0v) is 6.78. The number of thioether (sulfide) groups is 1. The van der Waals surface area contributed by atoms with E-state index in [1.807, 2.05) is 11.9 Å². The lowest BCUT2D eigenvalue weighted by Crippen LogP contribution is -1.87. The summed E-state index contributed by atoms with van der Waals surface area (Å²) in [6.45, 7) is 1.92. The molecule has 0 fully saturated rings. The van der Waals surface area contributed by atoms with Crippen LogP contribution in [0.5, 0.6) is 0 Å². The molecule has 10 heavy (non-hydrogen) atoms. The fourth-order valence-electron chi connectivity index (χ4n) is 0.720. The van der Waals surface area contributed by atoms with Gasteiger partial charge in [0.1, 0.15) is 10.1 Å². The van der Waals surface area contributed by atoms with Crippen LogP contribution in [0.25, 0.3) is 0 Å². The smallest absolute Gasteiger partial charge is 0.147 e. The minimum absolute atomic E-state index is 0.995. The molecule has 2 heterocycles. The van der Waals surface area contributed by atoms with Crippen molar-refractivity contribution in [2.75, 3.05) is 5.75 Å². The Bertz CT molecular complexity index is 240. The van der Waals surface area contributed by atoms with Crippen LogP contribution in [-0.4, -0.2) is 15.8 Å². The highest BCUT2D eigenvalue weighted by Gasteiger charge is 2.11. The SMILES string of the molecule is [CH]1CSC(c2nccs2)=N1. The lowest BCUT2D eigenvalue weighted by atomic mass is 10.7. The van der Waals surface area contributed by atoms with Gasteiger partial charge in [-0.25, -0.2) is 4.98 Å². The summed E-state index contributed by atoms with van der Waals surface area (Å²) in [5.41, 5.74) is 0. The first-order valence-corrected chi connectivity index (χ1v) is 4.75. The van der Waals surface area contributed by atoms with E-state index in [9.17, 15) is 0 Å². The molecule has 1 aromatic heterocycles. The molecule has 0 amide bonds. The van der Waals surface area contributed by atoms with Gasteiger partial charge in [0.25, 0.3) is 0 Å². The maximum absolute atomic E-state index is 4.18. The topological polar surface area (TPSA) is 25.2 Å². The molecule has 0 saturated carbocycles. The van der Waals surface area contributed by atoms with Gasteiger partial charge in [-0.3, -0.25) is 4.99 Å². The van der Waals surface area contributed by atoms with E-state index in [4.69, 9.17) is 0 Å². The fraction of sp³-hybridized carbons (Fsp3) is 0.167. The Morgan fingerprint density at radius 1 is 1.50 bits per heavy atom. The van der Waals surface area contributed by atoms with Crippen molar-refractivity contribution in [3.05, 3.63) is 23.1 Å². The molecular formula is C6H5N2S2. The van der Waals surface area contributed by atoms with Gasteiger partial charge in [-0.05, 0) is 0 Å². The molecule has 0 unspecified atom stereocenters. The first-order valence-electron chi connectivity index (χ1n) is 2.89. The van der Waals surface area contributed by atoms with E-state index in [2.05, 4.69) is 9.98 Å². The van der Waals surface area contributed by atoms with Gasteiger partial charge in [-0.15, -0.1) is 23.1 Å². The Labute approximate surface area is 67.4 Å². The average Bonchev–Trinajstić information content (AvgIpc) is 2.59. The van der Waals surface area contributed by atoms with Crippen molar-refractivity contribution in [1.82, 2.24) is 4.98 Å². The predicted octanol–water partition coefficient (Wildman–Crippen LogP) is 1.80. The second-order valence-electron chi connectivity index (χ2n) is 1.77. The van der Waals surface area contributed by atoms with Crippen molar-refractivity contribution in [1.29, 1.82) is 0 Å². The van der Waals surface area contributed by atoms with Crippen LogP contribution in [0.15, 0.2) is 16.6 Å². The highest BCUT2D eigenvalue weighted by Crippen LogP contribution is 2.21. The number of rotatable bonds is 1. The molecule has 1 aliphatic rings. The maximum atomic E-state index is 4.18. The van der Waals surface area contributed by atoms with E-state index in [0.717, 1.165) is 15.8 Å². The number of nitrogens with zero attached hydrogens (tertiary/aromatic N) is 2. The molecular weight excluding hydrogens is 164 g/mol. The third kappa shape index (κ3) is 1.09. The fourth-order valence-corrected chi connectivity index (χ4v) is 2.20. The van der Waals surface area contributed by atoms with Gasteiger partial charge in [0.2, 0.25) is 0 Å². The zero-order chi connectivity index (χ0) is 6.81. The van der Waals surface area contributed by atoms with E-state index in [1.165, 1.54) is 0 Å². The number of hydrogen-bond donors (Lipinski definition) is 0. The standard InChI is InChI=1S/C6H5N2S2/c1-3-9-5(7-1)6-8-2-4-10-6/h1-3H,4H2. The molecule has 2 rings (SSSR count). The highest BCUT2D eigenvalue weighted by molar-refractivity contribution is 8.15. The Morgan fingerprint density at radius 3 is 3.10 bits per heavy atom. The zero-order valence-electron chi connectivity index (χ0n) is 5.15. The second kappa shape index (κ2) is 2.72. The van der Waals surface area contributed by atoms with Crippen LogP contribution in [0.2, 0.25) is 0 Å². The van der Waals surface area contributed by atoms with Crippen molar-refractivity contribution in [2.24, 2.45) is 4.99 Å². The van der Waals surface area contributed by atoms with Gasteiger partial charge in [-0.1, -0.05) is 0 Å². The summed E-state index contributed by atoms with van der Waals surface area (Å²) in [5.74, 6) is 0.995. The number of hydrogen-bond acceptors (Lipinski definition) is 4. The van der Waals surface area contributed by atoms with Crippen molar-refractivity contribution < 1.29 is 0 Å². The molecule has 0 atom stereocenters. The van der Waals surface area contributed by atoms with Crippen molar-refractivity contribution in [3.63, 3.8) is 0 Å². The Hall–Kier alpha value is -0.350. The Morgan fingerprint density at radius 2 is 2.50 bits per heavy atom. The van der Waals surface area contributed by atoms with Gasteiger partial charge in [0.05, 0.1) is 6.54 Å². The first-order chi connectivity index (χ1) is 4.97. The van der Waals surface area contributed by atoms with E-state index in [-0.39, 0.29) is 0 Å². The van der Waals surface area contributed by atoms with Crippen LogP contribution in [0, 0.1) is 6.54 Å². The maximum Gasteiger partial charge on any atom is 0.147 e. The Kier molecular flexibility index (Phi) is 1.73. The Balaban J connectivity index is 2.28. The molecule has 0 aliphatic carbocycles. The summed E-state index contributed by atoms with van der Waals surface area (Å²) >= 11 is 3.38. The predicted molar refractivity (Wildman–Crippen MR) is 45.4 cm³/mol. The minimum Gasteiger partial charge on any atom is -0.269 e. The summed E-state index contributed by atoms with van der Waals surface area (Å²) in [6.07, 6.45) is 1.81. The quantitative estimate of drug-likeness (QED) is 0.640. The summed E-state index contributed by atoms with van der Waals surface area (Å²) in [6, 6.07) is 0. The van der Waals surface area contributed by atoms with Gasteiger partial charge in [0, 0.05) is 17.3 Å². The van der Waals surface area contributed by atoms with Crippen LogP contribution in [0.4, 0.5) is 0 Å². The molecule has 1 radical (unpaired) electrons. The van der Waals surface area contributed by atoms with Crippen LogP contribution in [-0.2, 0) is 0 Å². The van der Waals surface area contributed by atoms with Crippen LogP contribution in [0.1, 0.15) is 5.01 Å². The summed E-state index contributed by atoms with van der Waals surface area (Å²) in [7, 11) is 0. The third-order valence-electron chi connectivity index (χ3n) is 1.12. The number of aromatic nitrogens is 1. The number of aliphatic imine (C=N–C) groups is 1. The molecule has 0 N–H and O–H groups in total. The lowest BCUT2D eigenvalue weighted by molar-refractivity contribution is 1.34. The monoisotopic (exact) mass is 169 g/mol. The van der Waals surface area contributed by atoms with E-state index in [0.29, 0.717) is 0 Å². The van der Waals surface area contributed by atoms with E-state index < -0.39 is 0 Å². The summed E-state index contributed by atoms with van der Waals surface area (Å²) < 4.78 is 0. The first kappa shape index (κ1) is 6.37. The molecule has 1 aromatic rings. The molecule has 1 aliphatic heterocycles. The summed E-state index contributed by atoms with van der Waals surface area (Å²) in [4.78, 5) is 8.33. The van der Waals surface area contributed by atoms with Crippen molar-refractivity contribution in [3.8, 4) is 0 Å². The van der Waals surface area contributed by atoms with Crippen molar-refractivity contribution >= 4 is 28.1 Å². The number of thiazole rings is 1. The van der Waals surface area contributed by atoms with E-state index in [1.54, 1.807) is 29.3 Å². The van der Waals surface area contributed by atoms with E-state index >= 15 is 0 Å². The third-order valence-corrected chi connectivity index (χ3v) is 2.92. The van der Waals surface area contributed by atoms with Gasteiger partial charge in [-0.2, -0.15) is 0 Å². The molecule has 0 saturated heterocycles. The molecule has 0 aromatic carbocycles. The average molecular weight is 169 g/mol. The molecule has 4 heteroatoms. The molecule has 0 spiro atoms. The van der Waals surface area contributed by atoms with Gasteiger partial charge < -0.3 is 0 Å². The second-order valence-corrected chi connectivity index (χ2v) is 3.67. The highest BCUT2D eigenvalue weighted by atomic mass is 32.2. The minimum atomic E-state index is 0.995. The van der Waals surface area contributed by atoms with Crippen LogP contribution >= 0.6 is 23.1 Å². The lowest BCUT2D eigenvalue weighted by Gasteiger charge is -1.88. The van der Waals surface area contributed by atoms with Crippen LogP contribution in [0.3, 0.4) is 0 Å².